The summed E-state index contributed by atoms with van der Waals surface area (Å²) in [6.07, 6.45) is 5.18. The van der Waals surface area contributed by atoms with Gasteiger partial charge in [0.25, 0.3) is 5.56 Å². The van der Waals surface area contributed by atoms with Gasteiger partial charge in [0.05, 0.1) is 11.1 Å². The summed E-state index contributed by atoms with van der Waals surface area (Å²) in [5, 5.41) is 4.50. The number of aryl methyl sites for hydroxylation is 2. The van der Waals surface area contributed by atoms with E-state index in [0.717, 1.165) is 52.8 Å². The van der Waals surface area contributed by atoms with Crippen molar-refractivity contribution in [1.82, 2.24) is 14.9 Å². The van der Waals surface area contributed by atoms with Gasteiger partial charge in [0.1, 0.15) is 4.83 Å². The third kappa shape index (κ3) is 4.24. The minimum Gasteiger partial charge on any atom is -0.351 e. The SMILES string of the molecule is CCC(C)(C)NC(=O)CSc1nc2sc(C)c(C)c2c(=O)n1C1CCCC1. The second-order valence-corrected chi connectivity index (χ2v) is 10.2. The van der Waals surface area contributed by atoms with Crippen molar-refractivity contribution in [3.8, 4) is 0 Å². The van der Waals surface area contributed by atoms with Crippen molar-refractivity contribution in [2.75, 3.05) is 5.75 Å². The van der Waals surface area contributed by atoms with E-state index in [1.54, 1.807) is 11.3 Å². The number of nitrogens with zero attached hydrogens (tertiary/aromatic N) is 2. The monoisotopic (exact) mass is 407 g/mol. The van der Waals surface area contributed by atoms with Crippen LogP contribution in [0.15, 0.2) is 9.95 Å². The Labute approximate surface area is 169 Å². The Kier molecular flexibility index (Phi) is 6.01. The number of aromatic nitrogens is 2. The molecule has 0 atom stereocenters. The molecule has 0 unspecified atom stereocenters. The summed E-state index contributed by atoms with van der Waals surface area (Å²) < 4.78 is 1.87. The smallest absolute Gasteiger partial charge is 0.263 e. The lowest BCUT2D eigenvalue weighted by Gasteiger charge is -2.24. The standard InChI is InChI=1S/C20H29N3O2S2/c1-6-20(4,5)22-15(24)11-26-19-21-17-16(12(2)13(3)27-17)18(25)23(19)14-9-7-8-10-14/h14H,6-11H2,1-5H3,(H,22,24). The zero-order valence-corrected chi connectivity index (χ0v) is 18.5. The van der Waals surface area contributed by atoms with Crippen LogP contribution in [0, 0.1) is 13.8 Å². The number of thioether (sulfide) groups is 1. The van der Waals surface area contributed by atoms with Gasteiger partial charge in [0, 0.05) is 16.5 Å². The number of fused-ring (bicyclic) bond motifs is 1. The molecule has 2 heterocycles. The number of hydrogen-bond acceptors (Lipinski definition) is 5. The van der Waals surface area contributed by atoms with E-state index in [-0.39, 0.29) is 28.8 Å². The van der Waals surface area contributed by atoms with Crippen molar-refractivity contribution in [2.24, 2.45) is 0 Å². The first-order valence-corrected chi connectivity index (χ1v) is 11.5. The molecule has 5 nitrogen and oxygen atoms in total. The van der Waals surface area contributed by atoms with E-state index >= 15 is 0 Å². The average Bonchev–Trinajstić information content (AvgIpc) is 3.21. The second kappa shape index (κ2) is 7.95. The van der Waals surface area contributed by atoms with E-state index in [9.17, 15) is 9.59 Å². The van der Waals surface area contributed by atoms with Crippen LogP contribution in [-0.4, -0.2) is 26.8 Å². The predicted molar refractivity (Wildman–Crippen MR) is 114 cm³/mol. The van der Waals surface area contributed by atoms with Gasteiger partial charge in [-0.15, -0.1) is 11.3 Å². The summed E-state index contributed by atoms with van der Waals surface area (Å²) in [6.45, 7) is 10.1. The van der Waals surface area contributed by atoms with Crippen LogP contribution in [0.5, 0.6) is 0 Å². The van der Waals surface area contributed by atoms with Gasteiger partial charge >= 0.3 is 0 Å². The van der Waals surface area contributed by atoms with Crippen LogP contribution in [0.2, 0.25) is 0 Å². The first kappa shape index (κ1) is 20.4. The molecular weight excluding hydrogens is 378 g/mol. The largest absolute Gasteiger partial charge is 0.351 e. The third-order valence-corrected chi connectivity index (χ3v) is 7.64. The van der Waals surface area contributed by atoms with Crippen molar-refractivity contribution in [3.63, 3.8) is 0 Å². The molecule has 148 valence electrons. The first-order chi connectivity index (χ1) is 12.7. The minimum atomic E-state index is -0.220. The number of carbonyl (C=O) groups excluding carboxylic acids is 1. The van der Waals surface area contributed by atoms with E-state index in [0.29, 0.717) is 5.16 Å². The summed E-state index contributed by atoms with van der Waals surface area (Å²) in [5.74, 6) is 0.259. The fourth-order valence-corrected chi connectivity index (χ4v) is 5.44. The molecule has 1 aliphatic rings. The highest BCUT2D eigenvalue weighted by Gasteiger charge is 2.25. The summed E-state index contributed by atoms with van der Waals surface area (Å²) in [7, 11) is 0. The topological polar surface area (TPSA) is 64.0 Å². The maximum Gasteiger partial charge on any atom is 0.263 e. The van der Waals surface area contributed by atoms with Crippen LogP contribution >= 0.6 is 23.1 Å². The molecule has 1 N–H and O–H groups in total. The number of nitrogens with one attached hydrogen (secondary N) is 1. The van der Waals surface area contributed by atoms with Crippen molar-refractivity contribution in [3.05, 3.63) is 20.8 Å². The lowest BCUT2D eigenvalue weighted by atomic mass is 10.0. The maximum atomic E-state index is 13.3. The molecular formula is C20H29N3O2S2. The second-order valence-electron chi connectivity index (χ2n) is 8.05. The van der Waals surface area contributed by atoms with Gasteiger partial charge in [-0.1, -0.05) is 31.5 Å². The Morgan fingerprint density at radius 1 is 1.33 bits per heavy atom. The van der Waals surface area contributed by atoms with Gasteiger partial charge < -0.3 is 5.32 Å². The average molecular weight is 408 g/mol. The fourth-order valence-electron chi connectivity index (χ4n) is 3.51. The Morgan fingerprint density at radius 2 is 2.00 bits per heavy atom. The van der Waals surface area contributed by atoms with Crippen molar-refractivity contribution in [2.45, 2.75) is 83.5 Å². The highest BCUT2D eigenvalue weighted by Crippen LogP contribution is 2.34. The van der Waals surface area contributed by atoms with E-state index < -0.39 is 0 Å². The quantitative estimate of drug-likeness (QED) is 0.562. The normalized spacial score (nSPS) is 15.6. The molecule has 1 saturated carbocycles. The molecule has 1 amide bonds. The van der Waals surface area contributed by atoms with E-state index in [1.807, 2.05) is 32.3 Å². The highest BCUT2D eigenvalue weighted by molar-refractivity contribution is 7.99. The first-order valence-electron chi connectivity index (χ1n) is 9.69. The van der Waals surface area contributed by atoms with Crippen LogP contribution in [0.3, 0.4) is 0 Å². The van der Waals surface area contributed by atoms with Crippen molar-refractivity contribution in [1.29, 1.82) is 0 Å². The van der Waals surface area contributed by atoms with Crippen LogP contribution in [0.25, 0.3) is 10.2 Å². The predicted octanol–water partition coefficient (Wildman–Crippen LogP) is 4.59. The number of rotatable bonds is 6. The molecule has 0 aliphatic heterocycles. The summed E-state index contributed by atoms with van der Waals surface area (Å²) in [5.41, 5.74) is 0.881. The molecule has 1 aliphatic carbocycles. The Balaban J connectivity index is 1.95. The summed E-state index contributed by atoms with van der Waals surface area (Å²) in [6, 6.07) is 0.201. The number of thiophene rings is 1. The Hall–Kier alpha value is -1.34. The molecule has 0 spiro atoms. The number of hydrogen-bond donors (Lipinski definition) is 1. The molecule has 0 aromatic carbocycles. The van der Waals surface area contributed by atoms with E-state index in [4.69, 9.17) is 4.98 Å². The Morgan fingerprint density at radius 3 is 2.63 bits per heavy atom. The summed E-state index contributed by atoms with van der Waals surface area (Å²) >= 11 is 2.95. The lowest BCUT2D eigenvalue weighted by Crippen LogP contribution is -2.43. The van der Waals surface area contributed by atoms with Gasteiger partial charge in [0.15, 0.2) is 5.16 Å². The molecule has 2 aromatic heterocycles. The van der Waals surface area contributed by atoms with Gasteiger partial charge in [-0.25, -0.2) is 4.98 Å². The molecule has 0 saturated heterocycles. The molecule has 27 heavy (non-hydrogen) atoms. The van der Waals surface area contributed by atoms with Gasteiger partial charge in [-0.05, 0) is 52.5 Å². The Bertz CT molecular complexity index is 908. The highest BCUT2D eigenvalue weighted by atomic mass is 32.2. The van der Waals surface area contributed by atoms with Crippen LogP contribution in [-0.2, 0) is 4.79 Å². The van der Waals surface area contributed by atoms with Crippen LogP contribution in [0.4, 0.5) is 0 Å². The number of carbonyl (C=O) groups is 1. The van der Waals surface area contributed by atoms with Crippen LogP contribution < -0.4 is 10.9 Å². The van der Waals surface area contributed by atoms with E-state index in [1.165, 1.54) is 11.8 Å². The van der Waals surface area contributed by atoms with Crippen LogP contribution in [0.1, 0.15) is 69.4 Å². The van der Waals surface area contributed by atoms with E-state index in [2.05, 4.69) is 12.2 Å². The fraction of sp³-hybridized carbons (Fsp3) is 0.650. The zero-order chi connectivity index (χ0) is 19.8. The maximum absolute atomic E-state index is 13.3. The third-order valence-electron chi connectivity index (χ3n) is 5.59. The molecule has 1 fully saturated rings. The van der Waals surface area contributed by atoms with Gasteiger partial charge in [-0.2, -0.15) is 0 Å². The zero-order valence-electron chi connectivity index (χ0n) is 16.8. The summed E-state index contributed by atoms with van der Waals surface area (Å²) in [4.78, 5) is 32.4. The van der Waals surface area contributed by atoms with Gasteiger partial charge in [-0.3, -0.25) is 14.2 Å². The number of amides is 1. The molecule has 0 bridgehead atoms. The lowest BCUT2D eigenvalue weighted by molar-refractivity contribution is -0.120. The molecule has 7 heteroatoms. The van der Waals surface area contributed by atoms with Crippen molar-refractivity contribution < 1.29 is 4.79 Å². The molecule has 3 rings (SSSR count). The molecule has 2 aromatic rings. The van der Waals surface area contributed by atoms with Crippen molar-refractivity contribution >= 4 is 39.2 Å². The van der Waals surface area contributed by atoms with Gasteiger partial charge in [0.2, 0.25) is 5.91 Å². The molecule has 0 radical (unpaired) electrons. The minimum absolute atomic E-state index is 0.0160.